The van der Waals surface area contributed by atoms with Crippen LogP contribution in [0.25, 0.3) is 0 Å². The van der Waals surface area contributed by atoms with Gasteiger partial charge in [0.1, 0.15) is 6.04 Å². The molecule has 0 spiro atoms. The summed E-state index contributed by atoms with van der Waals surface area (Å²) in [5.74, 6) is -0.0643. The molecule has 0 N–H and O–H groups in total. The molecule has 5 heteroatoms. The average Bonchev–Trinajstić information content (AvgIpc) is 2.64. The molecule has 2 aliphatic heterocycles. The number of carbonyl (C=O) groups is 1. The Labute approximate surface area is 96.3 Å². The van der Waals surface area contributed by atoms with Gasteiger partial charge in [-0.2, -0.15) is 0 Å². The molecule has 92 valence electrons. The van der Waals surface area contributed by atoms with Crippen LogP contribution in [0.5, 0.6) is 0 Å². The normalized spacial score (nSPS) is 32.1. The van der Waals surface area contributed by atoms with E-state index in [1.807, 2.05) is 14.1 Å². The van der Waals surface area contributed by atoms with E-state index in [1.54, 1.807) is 0 Å². The minimum absolute atomic E-state index is 0.0337. The minimum atomic E-state index is -0.0643. The lowest BCUT2D eigenvalue weighted by Gasteiger charge is -2.36. The Morgan fingerprint density at radius 1 is 1.44 bits per heavy atom. The number of likely N-dealkylation sites (N-methyl/N-ethyl adjacent to an activating group) is 1. The minimum Gasteiger partial charge on any atom is -0.464 e. The first-order valence-electron chi connectivity index (χ1n) is 5.84. The number of morpholine rings is 1. The first kappa shape index (κ1) is 11.8. The molecule has 5 nitrogen and oxygen atoms in total. The van der Waals surface area contributed by atoms with Crippen molar-refractivity contribution in [1.82, 2.24) is 9.80 Å². The quantitative estimate of drug-likeness (QED) is 0.613. The maximum absolute atomic E-state index is 11.5. The lowest BCUT2D eigenvalue weighted by atomic mass is 10.1. The van der Waals surface area contributed by atoms with Gasteiger partial charge in [0.2, 0.25) is 0 Å². The summed E-state index contributed by atoms with van der Waals surface area (Å²) in [6.45, 7) is 3.85. The van der Waals surface area contributed by atoms with Gasteiger partial charge in [-0.1, -0.05) is 0 Å². The molecule has 0 aromatic heterocycles. The van der Waals surface area contributed by atoms with E-state index < -0.39 is 0 Å². The van der Waals surface area contributed by atoms with Gasteiger partial charge in [-0.3, -0.25) is 9.69 Å². The van der Waals surface area contributed by atoms with E-state index >= 15 is 0 Å². The Morgan fingerprint density at radius 2 is 2.25 bits per heavy atom. The Balaban J connectivity index is 1.88. The molecule has 16 heavy (non-hydrogen) atoms. The number of rotatable bonds is 3. The van der Waals surface area contributed by atoms with Crippen LogP contribution in [-0.2, 0) is 14.3 Å². The Bertz CT molecular complexity index is 258. The van der Waals surface area contributed by atoms with Gasteiger partial charge in [0, 0.05) is 26.1 Å². The molecule has 0 aromatic rings. The Hall–Kier alpha value is -0.650. The van der Waals surface area contributed by atoms with E-state index in [9.17, 15) is 4.79 Å². The van der Waals surface area contributed by atoms with Crippen molar-refractivity contribution < 1.29 is 14.3 Å². The summed E-state index contributed by atoms with van der Waals surface area (Å²) in [7, 11) is 4.07. The van der Waals surface area contributed by atoms with Crippen LogP contribution in [0.4, 0.5) is 0 Å². The molecule has 0 bridgehead atoms. The van der Waals surface area contributed by atoms with Crippen molar-refractivity contribution in [2.45, 2.75) is 18.6 Å². The van der Waals surface area contributed by atoms with Crippen LogP contribution in [0.1, 0.15) is 6.42 Å². The molecular weight excluding hydrogens is 208 g/mol. The number of nitrogens with zero attached hydrogens (tertiary/aromatic N) is 2. The van der Waals surface area contributed by atoms with E-state index in [-0.39, 0.29) is 18.1 Å². The van der Waals surface area contributed by atoms with E-state index in [1.165, 1.54) is 0 Å². The maximum Gasteiger partial charge on any atom is 0.323 e. The van der Waals surface area contributed by atoms with Crippen LogP contribution >= 0.6 is 0 Å². The third kappa shape index (κ3) is 2.72. The summed E-state index contributed by atoms with van der Waals surface area (Å²) in [4.78, 5) is 15.8. The highest BCUT2D eigenvalue weighted by atomic mass is 16.5. The van der Waals surface area contributed by atoms with Crippen LogP contribution in [0, 0.1) is 0 Å². The SMILES string of the molecule is CN(C)CC1CN(C2CCOC2=O)CCO1. The maximum atomic E-state index is 11.5. The lowest BCUT2D eigenvalue weighted by molar-refractivity contribution is -0.144. The van der Waals surface area contributed by atoms with Crippen molar-refractivity contribution in [1.29, 1.82) is 0 Å². The van der Waals surface area contributed by atoms with Crippen molar-refractivity contribution in [3.63, 3.8) is 0 Å². The number of cyclic esters (lactones) is 1. The molecule has 2 heterocycles. The van der Waals surface area contributed by atoms with Crippen molar-refractivity contribution >= 4 is 5.97 Å². The predicted molar refractivity (Wildman–Crippen MR) is 59.2 cm³/mol. The Kier molecular flexibility index (Phi) is 3.78. The third-order valence-corrected chi connectivity index (χ3v) is 3.09. The molecular formula is C11H20N2O3. The molecule has 0 aromatic carbocycles. The zero-order valence-corrected chi connectivity index (χ0v) is 10.0. The smallest absolute Gasteiger partial charge is 0.323 e. The Morgan fingerprint density at radius 3 is 2.88 bits per heavy atom. The molecule has 2 atom stereocenters. The zero-order chi connectivity index (χ0) is 11.5. The van der Waals surface area contributed by atoms with E-state index in [4.69, 9.17) is 9.47 Å². The van der Waals surface area contributed by atoms with Crippen LogP contribution < -0.4 is 0 Å². The van der Waals surface area contributed by atoms with Crippen LogP contribution in [0.15, 0.2) is 0 Å². The monoisotopic (exact) mass is 228 g/mol. The second-order valence-corrected chi connectivity index (χ2v) is 4.72. The highest BCUT2D eigenvalue weighted by Gasteiger charge is 2.35. The number of esters is 1. The van der Waals surface area contributed by atoms with Crippen molar-refractivity contribution in [2.75, 3.05) is 46.9 Å². The molecule has 0 amide bonds. The van der Waals surface area contributed by atoms with E-state index in [2.05, 4.69) is 9.80 Å². The predicted octanol–water partition coefficient (Wildman–Crippen LogP) is -0.436. The molecule has 0 saturated carbocycles. The zero-order valence-electron chi connectivity index (χ0n) is 10.0. The molecule has 0 radical (unpaired) electrons. The van der Waals surface area contributed by atoms with Crippen LogP contribution in [-0.4, -0.2) is 74.9 Å². The molecule has 2 fully saturated rings. The third-order valence-electron chi connectivity index (χ3n) is 3.09. The molecule has 2 saturated heterocycles. The fourth-order valence-corrected chi connectivity index (χ4v) is 2.36. The fraction of sp³-hybridized carbons (Fsp3) is 0.909. The molecule has 2 unspecified atom stereocenters. The van der Waals surface area contributed by atoms with Gasteiger partial charge in [-0.25, -0.2) is 0 Å². The largest absolute Gasteiger partial charge is 0.464 e. The second-order valence-electron chi connectivity index (χ2n) is 4.72. The number of hydrogen-bond acceptors (Lipinski definition) is 5. The van der Waals surface area contributed by atoms with Gasteiger partial charge in [0.05, 0.1) is 19.3 Å². The summed E-state index contributed by atoms with van der Waals surface area (Å²) in [6.07, 6.45) is 1.03. The van der Waals surface area contributed by atoms with Crippen molar-refractivity contribution in [3.8, 4) is 0 Å². The molecule has 0 aliphatic carbocycles. The van der Waals surface area contributed by atoms with E-state index in [0.717, 1.165) is 26.1 Å². The molecule has 2 aliphatic rings. The highest BCUT2D eigenvalue weighted by molar-refractivity contribution is 5.77. The summed E-state index contributed by atoms with van der Waals surface area (Å²) >= 11 is 0. The van der Waals surface area contributed by atoms with Gasteiger partial charge >= 0.3 is 5.97 Å². The van der Waals surface area contributed by atoms with Gasteiger partial charge in [-0.15, -0.1) is 0 Å². The lowest BCUT2D eigenvalue weighted by Crippen LogP contribution is -2.51. The van der Waals surface area contributed by atoms with Crippen molar-refractivity contribution in [3.05, 3.63) is 0 Å². The van der Waals surface area contributed by atoms with Crippen LogP contribution in [0.2, 0.25) is 0 Å². The number of hydrogen-bond donors (Lipinski definition) is 0. The summed E-state index contributed by atoms with van der Waals surface area (Å²) in [5, 5.41) is 0. The van der Waals surface area contributed by atoms with Crippen molar-refractivity contribution in [2.24, 2.45) is 0 Å². The number of carbonyl (C=O) groups excluding carboxylic acids is 1. The van der Waals surface area contributed by atoms with E-state index in [0.29, 0.717) is 13.2 Å². The number of ether oxygens (including phenoxy) is 2. The standard InChI is InChI=1S/C11H20N2O3/c1-12(2)7-9-8-13(4-6-15-9)10-3-5-16-11(10)14/h9-10H,3-8H2,1-2H3. The average molecular weight is 228 g/mol. The van der Waals surface area contributed by atoms with Gasteiger partial charge < -0.3 is 14.4 Å². The highest BCUT2D eigenvalue weighted by Crippen LogP contribution is 2.17. The fourth-order valence-electron chi connectivity index (χ4n) is 2.36. The topological polar surface area (TPSA) is 42.0 Å². The van der Waals surface area contributed by atoms with Gasteiger partial charge in [0.15, 0.2) is 0 Å². The van der Waals surface area contributed by atoms with Gasteiger partial charge in [0.25, 0.3) is 0 Å². The van der Waals surface area contributed by atoms with Gasteiger partial charge in [-0.05, 0) is 14.1 Å². The summed E-state index contributed by atoms with van der Waals surface area (Å²) < 4.78 is 10.7. The first-order chi connectivity index (χ1) is 7.66. The summed E-state index contributed by atoms with van der Waals surface area (Å²) in [5.41, 5.74) is 0. The molecule has 2 rings (SSSR count). The first-order valence-corrected chi connectivity index (χ1v) is 5.84. The second kappa shape index (κ2) is 5.12. The van der Waals surface area contributed by atoms with Crippen LogP contribution in [0.3, 0.4) is 0 Å². The summed E-state index contributed by atoms with van der Waals surface area (Å²) in [6, 6.07) is -0.0337.